The molecule has 0 aliphatic heterocycles. The van der Waals surface area contributed by atoms with Gasteiger partial charge in [0.2, 0.25) is 0 Å². The highest BCUT2D eigenvalue weighted by atomic mass is 32.1. The van der Waals surface area contributed by atoms with Crippen molar-refractivity contribution in [2.24, 2.45) is 11.7 Å². The maximum absolute atomic E-state index is 6.15. The zero-order valence-electron chi connectivity index (χ0n) is 9.42. The Bertz CT molecular complexity index is 267. The number of rotatable bonds is 5. The van der Waals surface area contributed by atoms with Crippen LogP contribution in [0, 0.1) is 5.92 Å². The normalized spacial score (nSPS) is 15.4. The Morgan fingerprint density at radius 2 is 2.07 bits per heavy atom. The molecular weight excluding hydrogens is 190 g/mol. The van der Waals surface area contributed by atoms with Crippen LogP contribution >= 0.6 is 11.3 Å². The van der Waals surface area contributed by atoms with Gasteiger partial charge in [-0.2, -0.15) is 0 Å². The van der Waals surface area contributed by atoms with Crippen molar-refractivity contribution in [3.63, 3.8) is 0 Å². The van der Waals surface area contributed by atoms with Crippen LogP contribution in [0.15, 0.2) is 12.1 Å². The lowest BCUT2D eigenvalue weighted by Crippen LogP contribution is -2.12. The molecule has 0 aliphatic carbocycles. The summed E-state index contributed by atoms with van der Waals surface area (Å²) in [6.07, 6.45) is 3.46. The Balaban J connectivity index is 2.55. The molecule has 1 rings (SSSR count). The molecule has 2 heteroatoms. The molecule has 0 saturated carbocycles. The zero-order chi connectivity index (χ0) is 10.6. The van der Waals surface area contributed by atoms with Crippen molar-refractivity contribution in [3.05, 3.63) is 21.9 Å². The molecule has 1 aromatic heterocycles. The van der Waals surface area contributed by atoms with E-state index in [0.717, 1.165) is 18.8 Å². The Kier molecular flexibility index (Phi) is 4.63. The zero-order valence-corrected chi connectivity index (χ0v) is 10.2. The number of hydrogen-bond acceptors (Lipinski definition) is 2. The van der Waals surface area contributed by atoms with Crippen LogP contribution in [0.2, 0.25) is 0 Å². The lowest BCUT2D eigenvalue weighted by molar-refractivity contribution is 0.465. The maximum Gasteiger partial charge on any atom is 0.0392 e. The summed E-state index contributed by atoms with van der Waals surface area (Å²) in [7, 11) is 0. The van der Waals surface area contributed by atoms with Crippen LogP contribution in [-0.4, -0.2) is 0 Å². The van der Waals surface area contributed by atoms with Gasteiger partial charge in [-0.15, -0.1) is 11.3 Å². The van der Waals surface area contributed by atoms with Gasteiger partial charge in [-0.05, 0) is 30.9 Å². The summed E-state index contributed by atoms with van der Waals surface area (Å²) in [5.74, 6) is 0.733. The first-order valence-corrected chi connectivity index (χ1v) is 6.33. The minimum absolute atomic E-state index is 0.246. The van der Waals surface area contributed by atoms with Crippen molar-refractivity contribution in [2.75, 3.05) is 0 Å². The van der Waals surface area contributed by atoms with Crippen LogP contribution in [0.5, 0.6) is 0 Å². The SMILES string of the molecule is CCc1ccc(C(N)CC(C)CC)s1. The van der Waals surface area contributed by atoms with Crippen LogP contribution in [0.1, 0.15) is 49.4 Å². The fourth-order valence-electron chi connectivity index (χ4n) is 1.50. The third kappa shape index (κ3) is 3.10. The summed E-state index contributed by atoms with van der Waals surface area (Å²) in [6, 6.07) is 4.64. The molecule has 0 saturated heterocycles. The Morgan fingerprint density at radius 1 is 1.36 bits per heavy atom. The topological polar surface area (TPSA) is 26.0 Å². The van der Waals surface area contributed by atoms with Gasteiger partial charge in [0.15, 0.2) is 0 Å². The van der Waals surface area contributed by atoms with Gasteiger partial charge in [0.05, 0.1) is 0 Å². The summed E-state index contributed by atoms with van der Waals surface area (Å²) in [5.41, 5.74) is 6.15. The van der Waals surface area contributed by atoms with Crippen molar-refractivity contribution in [1.82, 2.24) is 0 Å². The molecule has 2 N–H and O–H groups in total. The van der Waals surface area contributed by atoms with Crippen LogP contribution in [0.25, 0.3) is 0 Å². The molecule has 0 bridgehead atoms. The van der Waals surface area contributed by atoms with Crippen LogP contribution in [0.3, 0.4) is 0 Å². The van der Waals surface area contributed by atoms with Gasteiger partial charge in [0.25, 0.3) is 0 Å². The largest absolute Gasteiger partial charge is 0.323 e. The average molecular weight is 211 g/mol. The first kappa shape index (κ1) is 11.7. The van der Waals surface area contributed by atoms with Gasteiger partial charge in [-0.3, -0.25) is 0 Å². The molecule has 0 radical (unpaired) electrons. The second kappa shape index (κ2) is 5.52. The van der Waals surface area contributed by atoms with Gasteiger partial charge in [0, 0.05) is 15.8 Å². The fraction of sp³-hybridized carbons (Fsp3) is 0.667. The minimum Gasteiger partial charge on any atom is -0.323 e. The van der Waals surface area contributed by atoms with Crippen LogP contribution in [-0.2, 0) is 6.42 Å². The van der Waals surface area contributed by atoms with Crippen molar-refractivity contribution < 1.29 is 0 Å². The molecule has 14 heavy (non-hydrogen) atoms. The van der Waals surface area contributed by atoms with Gasteiger partial charge in [-0.25, -0.2) is 0 Å². The van der Waals surface area contributed by atoms with Crippen molar-refractivity contribution >= 4 is 11.3 Å². The molecule has 1 aromatic rings. The molecular formula is C12H21NS. The van der Waals surface area contributed by atoms with Gasteiger partial charge >= 0.3 is 0 Å². The summed E-state index contributed by atoms with van der Waals surface area (Å²) < 4.78 is 0. The predicted octanol–water partition coefficient (Wildman–Crippen LogP) is 3.75. The molecule has 0 aliphatic rings. The summed E-state index contributed by atoms with van der Waals surface area (Å²) in [5, 5.41) is 0. The Hall–Kier alpha value is -0.340. The Labute approximate surface area is 91.3 Å². The predicted molar refractivity (Wildman–Crippen MR) is 64.7 cm³/mol. The van der Waals surface area contributed by atoms with E-state index in [4.69, 9.17) is 5.73 Å². The lowest BCUT2D eigenvalue weighted by Gasteiger charge is -2.14. The number of nitrogens with two attached hydrogens (primary N) is 1. The molecule has 0 amide bonds. The standard InChI is InChI=1S/C12H21NS/c1-4-9(3)8-11(13)12-7-6-10(5-2)14-12/h6-7,9,11H,4-5,8,13H2,1-3H3. The van der Waals surface area contributed by atoms with E-state index in [-0.39, 0.29) is 6.04 Å². The molecule has 2 atom stereocenters. The van der Waals surface area contributed by atoms with Crippen LogP contribution < -0.4 is 5.73 Å². The maximum atomic E-state index is 6.15. The quantitative estimate of drug-likeness (QED) is 0.788. The molecule has 2 unspecified atom stereocenters. The van der Waals surface area contributed by atoms with E-state index < -0.39 is 0 Å². The van der Waals surface area contributed by atoms with Crippen molar-refractivity contribution in [3.8, 4) is 0 Å². The minimum atomic E-state index is 0.246. The molecule has 0 fully saturated rings. The van der Waals surface area contributed by atoms with Gasteiger partial charge in [-0.1, -0.05) is 27.2 Å². The van der Waals surface area contributed by atoms with E-state index in [1.807, 2.05) is 11.3 Å². The van der Waals surface area contributed by atoms with Crippen LogP contribution in [0.4, 0.5) is 0 Å². The highest BCUT2D eigenvalue weighted by Gasteiger charge is 2.11. The molecule has 80 valence electrons. The second-order valence-electron chi connectivity index (χ2n) is 4.01. The van der Waals surface area contributed by atoms with E-state index in [9.17, 15) is 0 Å². The third-order valence-electron chi connectivity index (χ3n) is 2.75. The van der Waals surface area contributed by atoms with Gasteiger partial charge in [0.1, 0.15) is 0 Å². The van der Waals surface area contributed by atoms with Crippen molar-refractivity contribution in [1.29, 1.82) is 0 Å². The fourth-order valence-corrected chi connectivity index (χ4v) is 2.47. The first-order valence-electron chi connectivity index (χ1n) is 5.51. The lowest BCUT2D eigenvalue weighted by atomic mass is 9.99. The number of hydrogen-bond donors (Lipinski definition) is 1. The van der Waals surface area contributed by atoms with E-state index in [2.05, 4.69) is 32.9 Å². The Morgan fingerprint density at radius 3 is 2.57 bits per heavy atom. The highest BCUT2D eigenvalue weighted by molar-refractivity contribution is 7.12. The third-order valence-corrected chi connectivity index (χ3v) is 4.11. The molecule has 0 spiro atoms. The summed E-state index contributed by atoms with van der Waals surface area (Å²) in [6.45, 7) is 6.69. The molecule has 1 nitrogen and oxygen atoms in total. The number of thiophene rings is 1. The van der Waals surface area contributed by atoms with E-state index >= 15 is 0 Å². The van der Waals surface area contributed by atoms with E-state index in [1.54, 1.807) is 0 Å². The summed E-state index contributed by atoms with van der Waals surface area (Å²) in [4.78, 5) is 2.79. The van der Waals surface area contributed by atoms with Gasteiger partial charge < -0.3 is 5.73 Å². The van der Waals surface area contributed by atoms with E-state index in [1.165, 1.54) is 16.2 Å². The molecule has 1 heterocycles. The monoisotopic (exact) mass is 211 g/mol. The average Bonchev–Trinajstić information content (AvgIpc) is 2.65. The molecule has 0 aromatic carbocycles. The smallest absolute Gasteiger partial charge is 0.0392 e. The summed E-state index contributed by atoms with van der Waals surface area (Å²) >= 11 is 1.87. The first-order chi connectivity index (χ1) is 6.67. The highest BCUT2D eigenvalue weighted by Crippen LogP contribution is 2.27. The van der Waals surface area contributed by atoms with E-state index in [0.29, 0.717) is 0 Å². The number of aryl methyl sites for hydroxylation is 1. The van der Waals surface area contributed by atoms with Crippen molar-refractivity contribution in [2.45, 2.75) is 46.1 Å². The second-order valence-corrected chi connectivity index (χ2v) is 5.21.